The molecule has 0 bridgehead atoms. The van der Waals surface area contributed by atoms with E-state index < -0.39 is 5.91 Å². The van der Waals surface area contributed by atoms with Crippen LogP contribution >= 0.6 is 46.8 Å². The number of benzene rings is 2. The number of carbonyl (C=O) groups is 1. The summed E-state index contributed by atoms with van der Waals surface area (Å²) in [5, 5.41) is 19.4. The van der Waals surface area contributed by atoms with Crippen molar-refractivity contribution >= 4 is 68.4 Å². The Bertz CT molecular complexity index is 1160. The first-order valence-electron chi connectivity index (χ1n) is 7.84. The van der Waals surface area contributed by atoms with Crippen molar-refractivity contribution in [1.29, 1.82) is 0 Å². The first-order valence-corrected chi connectivity index (χ1v) is 9.82. The summed E-state index contributed by atoms with van der Waals surface area (Å²) in [4.78, 5) is 13.0. The van der Waals surface area contributed by atoms with Crippen LogP contribution in [0.4, 0.5) is 5.69 Å². The fraction of sp³-hybridized carbons (Fsp3) is 0. The highest BCUT2D eigenvalue weighted by molar-refractivity contribution is 7.80. The van der Waals surface area contributed by atoms with E-state index in [2.05, 4.69) is 25.9 Å². The van der Waals surface area contributed by atoms with E-state index in [0.29, 0.717) is 15.7 Å². The highest BCUT2D eigenvalue weighted by atomic mass is 35.5. The number of carbonyl (C=O) groups excluding carboxylic acids is 1. The molecule has 0 unspecified atom stereocenters. The maximum Gasteiger partial charge on any atom is 0.258 e. The largest absolute Gasteiger partial charge is 0.332 e. The number of aromatic nitrogens is 4. The van der Waals surface area contributed by atoms with E-state index in [0.717, 1.165) is 15.5 Å². The zero-order chi connectivity index (χ0) is 19.7. The zero-order valence-electron chi connectivity index (χ0n) is 13.9. The summed E-state index contributed by atoms with van der Waals surface area (Å²) in [6, 6.07) is 12.1. The number of rotatable bonds is 3. The molecule has 0 aliphatic carbocycles. The Morgan fingerprint density at radius 1 is 1.14 bits per heavy atom. The third kappa shape index (κ3) is 3.97. The van der Waals surface area contributed by atoms with Crippen LogP contribution in [0.5, 0.6) is 0 Å². The molecule has 140 valence electrons. The van der Waals surface area contributed by atoms with Gasteiger partial charge in [-0.05, 0) is 54.7 Å². The number of fused-ring (bicyclic) bond motifs is 1. The average molecular weight is 449 g/mol. The molecule has 0 aliphatic rings. The van der Waals surface area contributed by atoms with Gasteiger partial charge in [-0.2, -0.15) is 9.61 Å². The molecule has 7 nitrogen and oxygen atoms in total. The molecule has 1 amide bonds. The SMILES string of the molecule is O=C(NC(=S)Nc1ccc(-c2nn3cnnc3s2)cc1)c1cc(Cl)ccc1Cl. The van der Waals surface area contributed by atoms with Crippen molar-refractivity contribution in [1.82, 2.24) is 25.1 Å². The molecule has 0 radical (unpaired) electrons. The molecular formula is C17H10Cl2N6OS2. The second-order valence-electron chi connectivity index (χ2n) is 5.58. The van der Waals surface area contributed by atoms with Crippen LogP contribution in [0.3, 0.4) is 0 Å². The molecule has 2 heterocycles. The number of nitrogens with zero attached hydrogens (tertiary/aromatic N) is 4. The van der Waals surface area contributed by atoms with Gasteiger partial charge in [-0.15, -0.1) is 10.2 Å². The van der Waals surface area contributed by atoms with Crippen LogP contribution in [0, 0.1) is 0 Å². The van der Waals surface area contributed by atoms with E-state index in [-0.39, 0.29) is 10.7 Å². The predicted octanol–water partition coefficient (Wildman–Crippen LogP) is 4.29. The van der Waals surface area contributed by atoms with Gasteiger partial charge in [-0.25, -0.2) is 0 Å². The van der Waals surface area contributed by atoms with Gasteiger partial charge in [-0.1, -0.05) is 34.5 Å². The van der Waals surface area contributed by atoms with Gasteiger partial charge in [0.25, 0.3) is 5.91 Å². The van der Waals surface area contributed by atoms with Crippen molar-refractivity contribution in [2.45, 2.75) is 0 Å². The fourth-order valence-corrected chi connectivity index (χ4v) is 3.79. The van der Waals surface area contributed by atoms with Crippen LogP contribution in [0.2, 0.25) is 10.0 Å². The molecule has 28 heavy (non-hydrogen) atoms. The smallest absolute Gasteiger partial charge is 0.258 e. The number of nitrogens with one attached hydrogen (secondary N) is 2. The number of halogens is 2. The normalized spacial score (nSPS) is 10.8. The molecule has 0 atom stereocenters. The minimum Gasteiger partial charge on any atom is -0.332 e. The maximum atomic E-state index is 12.3. The lowest BCUT2D eigenvalue weighted by atomic mass is 10.2. The number of hydrogen-bond acceptors (Lipinski definition) is 6. The molecule has 2 N–H and O–H groups in total. The Morgan fingerprint density at radius 3 is 2.68 bits per heavy atom. The lowest BCUT2D eigenvalue weighted by Gasteiger charge is -2.11. The first-order chi connectivity index (χ1) is 13.5. The second kappa shape index (κ2) is 7.80. The molecule has 0 fully saturated rings. The summed E-state index contributed by atoms with van der Waals surface area (Å²) >= 11 is 18.6. The number of anilines is 1. The quantitative estimate of drug-likeness (QED) is 0.454. The van der Waals surface area contributed by atoms with Crippen molar-refractivity contribution in [2.24, 2.45) is 0 Å². The summed E-state index contributed by atoms with van der Waals surface area (Å²) in [6.07, 6.45) is 1.55. The highest BCUT2D eigenvalue weighted by Gasteiger charge is 2.13. The summed E-state index contributed by atoms with van der Waals surface area (Å²) in [5.41, 5.74) is 1.90. The van der Waals surface area contributed by atoms with Gasteiger partial charge in [0.2, 0.25) is 4.96 Å². The molecule has 11 heteroatoms. The number of amides is 1. The Kier molecular flexibility index (Phi) is 5.23. The van der Waals surface area contributed by atoms with Crippen LogP contribution < -0.4 is 10.6 Å². The first kappa shape index (κ1) is 18.8. The third-order valence-electron chi connectivity index (χ3n) is 3.68. The standard InChI is InChI=1S/C17H10Cl2N6OS2/c18-10-3-6-13(19)12(7-10)14(26)22-16(27)21-11-4-1-9(2-5-11)15-24-25-8-20-23-17(25)28-15/h1-8H,(H2,21,22,26,27). The zero-order valence-corrected chi connectivity index (χ0v) is 17.0. The summed E-state index contributed by atoms with van der Waals surface area (Å²) in [6.45, 7) is 0. The van der Waals surface area contributed by atoms with Gasteiger partial charge in [0.15, 0.2) is 5.11 Å². The van der Waals surface area contributed by atoms with E-state index in [1.165, 1.54) is 17.4 Å². The van der Waals surface area contributed by atoms with Crippen molar-refractivity contribution in [3.05, 3.63) is 64.4 Å². The monoisotopic (exact) mass is 448 g/mol. The Hall–Kier alpha value is -2.59. The third-order valence-corrected chi connectivity index (χ3v) is 5.41. The van der Waals surface area contributed by atoms with Crippen LogP contribution in [0.1, 0.15) is 10.4 Å². The maximum absolute atomic E-state index is 12.3. The van der Waals surface area contributed by atoms with Crippen molar-refractivity contribution in [3.8, 4) is 10.6 Å². The van der Waals surface area contributed by atoms with E-state index in [1.54, 1.807) is 23.0 Å². The van der Waals surface area contributed by atoms with Crippen LogP contribution in [-0.4, -0.2) is 30.8 Å². The second-order valence-corrected chi connectivity index (χ2v) is 7.78. The topological polar surface area (TPSA) is 84.2 Å². The summed E-state index contributed by atoms with van der Waals surface area (Å²) in [7, 11) is 0. The van der Waals surface area contributed by atoms with Gasteiger partial charge in [0, 0.05) is 16.3 Å². The Labute approximate surface area is 178 Å². The Balaban J connectivity index is 1.42. The summed E-state index contributed by atoms with van der Waals surface area (Å²) < 4.78 is 1.62. The molecule has 0 aliphatic heterocycles. The van der Waals surface area contributed by atoms with Crippen LogP contribution in [-0.2, 0) is 0 Å². The molecule has 4 aromatic rings. The minimum absolute atomic E-state index is 0.146. The van der Waals surface area contributed by atoms with Crippen molar-refractivity contribution in [2.75, 3.05) is 5.32 Å². The molecule has 2 aromatic carbocycles. The van der Waals surface area contributed by atoms with Crippen LogP contribution in [0.15, 0.2) is 48.8 Å². The molecule has 2 aromatic heterocycles. The predicted molar refractivity (Wildman–Crippen MR) is 114 cm³/mol. The van der Waals surface area contributed by atoms with Crippen molar-refractivity contribution < 1.29 is 4.79 Å². The minimum atomic E-state index is -0.443. The highest BCUT2D eigenvalue weighted by Crippen LogP contribution is 2.26. The number of hydrogen-bond donors (Lipinski definition) is 2. The van der Waals surface area contributed by atoms with Crippen LogP contribution in [0.25, 0.3) is 15.5 Å². The van der Waals surface area contributed by atoms with Gasteiger partial charge in [0.05, 0.1) is 10.6 Å². The number of thiocarbonyl (C=S) groups is 1. The van der Waals surface area contributed by atoms with E-state index >= 15 is 0 Å². The Morgan fingerprint density at radius 2 is 1.93 bits per heavy atom. The molecule has 0 saturated heterocycles. The fourth-order valence-electron chi connectivity index (χ4n) is 2.38. The van der Waals surface area contributed by atoms with E-state index in [9.17, 15) is 4.79 Å². The van der Waals surface area contributed by atoms with Gasteiger partial charge in [0.1, 0.15) is 11.3 Å². The van der Waals surface area contributed by atoms with Crippen molar-refractivity contribution in [3.63, 3.8) is 0 Å². The lowest BCUT2D eigenvalue weighted by molar-refractivity contribution is 0.0978. The average Bonchev–Trinajstić information content (AvgIpc) is 3.26. The summed E-state index contributed by atoms with van der Waals surface area (Å²) in [5.74, 6) is -0.443. The van der Waals surface area contributed by atoms with Gasteiger partial charge in [-0.3, -0.25) is 10.1 Å². The molecule has 0 saturated carbocycles. The molecular weight excluding hydrogens is 439 g/mol. The lowest BCUT2D eigenvalue weighted by Crippen LogP contribution is -2.34. The van der Waals surface area contributed by atoms with Gasteiger partial charge < -0.3 is 5.32 Å². The molecule has 0 spiro atoms. The van der Waals surface area contributed by atoms with E-state index in [4.69, 9.17) is 35.4 Å². The molecule has 4 rings (SSSR count). The van der Waals surface area contributed by atoms with E-state index in [1.807, 2.05) is 24.3 Å². The van der Waals surface area contributed by atoms with Gasteiger partial charge >= 0.3 is 0 Å².